The molecule has 0 bridgehead atoms. The predicted octanol–water partition coefficient (Wildman–Crippen LogP) is 3.03. The number of carbonyl (C=O) groups excluding carboxylic acids is 2. The Labute approximate surface area is 149 Å². The van der Waals surface area contributed by atoms with E-state index < -0.39 is 11.8 Å². The van der Waals surface area contributed by atoms with E-state index in [-0.39, 0.29) is 6.61 Å². The first-order valence-electron chi connectivity index (χ1n) is 8.20. The maximum atomic E-state index is 12.3. The average molecular weight is 349 g/mol. The molecule has 0 saturated carbocycles. The number of imide groups is 1. The summed E-state index contributed by atoms with van der Waals surface area (Å²) in [6, 6.07) is 14.0. The summed E-state index contributed by atoms with van der Waals surface area (Å²) in [5, 5.41) is 4.73. The minimum atomic E-state index is -0.443. The quantitative estimate of drug-likeness (QED) is 0.658. The van der Waals surface area contributed by atoms with Crippen molar-refractivity contribution >= 4 is 11.8 Å². The van der Waals surface area contributed by atoms with Crippen LogP contribution in [0.15, 0.2) is 53.1 Å². The van der Waals surface area contributed by atoms with Crippen molar-refractivity contribution in [2.75, 3.05) is 0 Å². The number of amides is 2. The first-order valence-corrected chi connectivity index (χ1v) is 8.20. The Hall–Kier alpha value is -3.32. The molecule has 1 aliphatic heterocycles. The van der Waals surface area contributed by atoms with E-state index in [9.17, 15) is 9.59 Å². The first-order chi connectivity index (χ1) is 12.7. The van der Waals surface area contributed by atoms with Gasteiger partial charge in [-0.05, 0) is 17.7 Å². The topological polar surface area (TPSA) is 85.5 Å². The standard InChI is InChI=1S/C19H15N3O4/c1-2-16-20-17(21-26-16)13-9-7-12(8-10-13)11-25-22-18(23)14-5-3-4-6-15(14)19(22)24/h3-10H,2,11H2,1H3. The molecule has 0 aliphatic carbocycles. The van der Waals surface area contributed by atoms with Gasteiger partial charge in [-0.15, -0.1) is 5.06 Å². The molecule has 130 valence electrons. The highest BCUT2D eigenvalue weighted by Crippen LogP contribution is 2.24. The van der Waals surface area contributed by atoms with Crippen molar-refractivity contribution in [1.29, 1.82) is 0 Å². The van der Waals surface area contributed by atoms with Crippen molar-refractivity contribution in [3.8, 4) is 11.4 Å². The third kappa shape index (κ3) is 2.78. The molecular formula is C19H15N3O4. The molecule has 2 heterocycles. The number of hydroxylamine groups is 2. The van der Waals surface area contributed by atoms with E-state index in [1.54, 1.807) is 24.3 Å². The maximum Gasteiger partial charge on any atom is 0.285 e. The van der Waals surface area contributed by atoms with Gasteiger partial charge in [0.05, 0.1) is 11.1 Å². The molecule has 0 atom stereocenters. The van der Waals surface area contributed by atoms with Crippen LogP contribution in [0.1, 0.15) is 39.1 Å². The van der Waals surface area contributed by atoms with Crippen LogP contribution in [0.2, 0.25) is 0 Å². The average Bonchev–Trinajstić information content (AvgIpc) is 3.25. The van der Waals surface area contributed by atoms with Gasteiger partial charge >= 0.3 is 0 Å². The lowest BCUT2D eigenvalue weighted by Crippen LogP contribution is -2.29. The first kappa shape index (κ1) is 16.2. The van der Waals surface area contributed by atoms with E-state index in [1.165, 1.54) is 0 Å². The number of carbonyl (C=O) groups is 2. The number of aryl methyl sites for hydroxylation is 1. The number of nitrogens with zero attached hydrogens (tertiary/aromatic N) is 3. The summed E-state index contributed by atoms with van der Waals surface area (Å²) in [7, 11) is 0. The Morgan fingerprint density at radius 3 is 2.23 bits per heavy atom. The van der Waals surface area contributed by atoms with Crippen LogP contribution in [-0.4, -0.2) is 27.0 Å². The van der Waals surface area contributed by atoms with Gasteiger partial charge in [-0.1, -0.05) is 48.5 Å². The Kier molecular flexibility index (Phi) is 4.06. The number of fused-ring (bicyclic) bond motifs is 1. The second-order valence-corrected chi connectivity index (χ2v) is 5.79. The van der Waals surface area contributed by atoms with E-state index in [4.69, 9.17) is 9.36 Å². The van der Waals surface area contributed by atoms with Gasteiger partial charge in [0.25, 0.3) is 11.8 Å². The highest BCUT2D eigenvalue weighted by molar-refractivity contribution is 6.20. The summed E-state index contributed by atoms with van der Waals surface area (Å²) in [5.41, 5.74) is 2.34. The molecule has 0 spiro atoms. The fraction of sp³-hybridized carbons (Fsp3) is 0.158. The zero-order valence-electron chi connectivity index (χ0n) is 14.0. The summed E-state index contributed by atoms with van der Waals surface area (Å²) >= 11 is 0. The van der Waals surface area contributed by atoms with Crippen LogP contribution in [-0.2, 0) is 17.9 Å². The zero-order valence-corrected chi connectivity index (χ0v) is 14.0. The summed E-state index contributed by atoms with van der Waals surface area (Å²) < 4.78 is 5.10. The lowest BCUT2D eigenvalue weighted by atomic mass is 10.1. The molecule has 0 radical (unpaired) electrons. The van der Waals surface area contributed by atoms with Crippen LogP contribution >= 0.6 is 0 Å². The minimum Gasteiger partial charge on any atom is -0.339 e. The molecule has 2 amide bonds. The van der Waals surface area contributed by atoms with Crippen LogP contribution in [0.25, 0.3) is 11.4 Å². The molecule has 26 heavy (non-hydrogen) atoms. The second-order valence-electron chi connectivity index (χ2n) is 5.79. The largest absolute Gasteiger partial charge is 0.339 e. The fourth-order valence-electron chi connectivity index (χ4n) is 2.69. The van der Waals surface area contributed by atoms with Gasteiger partial charge < -0.3 is 4.52 Å². The van der Waals surface area contributed by atoms with E-state index in [2.05, 4.69) is 10.1 Å². The molecule has 4 rings (SSSR count). The third-order valence-corrected chi connectivity index (χ3v) is 4.10. The van der Waals surface area contributed by atoms with Gasteiger partial charge in [-0.2, -0.15) is 4.98 Å². The van der Waals surface area contributed by atoms with Crippen molar-refractivity contribution in [2.24, 2.45) is 0 Å². The van der Waals surface area contributed by atoms with Crippen LogP contribution in [0.4, 0.5) is 0 Å². The molecule has 7 nitrogen and oxygen atoms in total. The molecule has 2 aromatic carbocycles. The van der Waals surface area contributed by atoms with Crippen LogP contribution in [0, 0.1) is 0 Å². The van der Waals surface area contributed by atoms with Gasteiger partial charge in [0.1, 0.15) is 6.61 Å². The summed E-state index contributed by atoms with van der Waals surface area (Å²) in [6.45, 7) is 2.04. The summed E-state index contributed by atoms with van der Waals surface area (Å²) in [4.78, 5) is 34.2. The fourth-order valence-corrected chi connectivity index (χ4v) is 2.69. The van der Waals surface area contributed by atoms with Gasteiger partial charge in [0.2, 0.25) is 11.7 Å². The smallest absolute Gasteiger partial charge is 0.285 e. The molecule has 0 N–H and O–H groups in total. The Morgan fingerprint density at radius 2 is 1.65 bits per heavy atom. The molecule has 3 aromatic rings. The molecule has 1 aliphatic rings. The molecule has 7 heteroatoms. The summed E-state index contributed by atoms with van der Waals surface area (Å²) in [6.07, 6.45) is 0.680. The van der Waals surface area contributed by atoms with Crippen molar-refractivity contribution in [2.45, 2.75) is 20.0 Å². The minimum absolute atomic E-state index is 0.0954. The van der Waals surface area contributed by atoms with Crippen molar-refractivity contribution in [1.82, 2.24) is 15.2 Å². The molecule has 0 saturated heterocycles. The lowest BCUT2D eigenvalue weighted by molar-refractivity contribution is -0.101. The van der Waals surface area contributed by atoms with Gasteiger partial charge in [-0.3, -0.25) is 14.4 Å². The second kappa shape index (κ2) is 6.53. The Balaban J connectivity index is 1.44. The number of benzene rings is 2. The van der Waals surface area contributed by atoms with E-state index in [1.807, 2.05) is 31.2 Å². The molecule has 0 fully saturated rings. The van der Waals surface area contributed by atoms with Crippen molar-refractivity contribution in [3.05, 3.63) is 71.1 Å². The number of rotatable bonds is 5. The zero-order chi connectivity index (χ0) is 18.1. The van der Waals surface area contributed by atoms with Gasteiger partial charge in [0, 0.05) is 12.0 Å². The van der Waals surface area contributed by atoms with E-state index in [0.29, 0.717) is 29.3 Å². The Bertz CT molecular complexity index is 943. The van der Waals surface area contributed by atoms with Gasteiger partial charge in [-0.25, -0.2) is 0 Å². The number of aromatic nitrogens is 2. The van der Waals surface area contributed by atoms with Crippen molar-refractivity contribution < 1.29 is 18.9 Å². The highest BCUT2D eigenvalue weighted by atomic mass is 16.7. The maximum absolute atomic E-state index is 12.3. The Morgan fingerprint density at radius 1 is 1.00 bits per heavy atom. The predicted molar refractivity (Wildman–Crippen MR) is 90.8 cm³/mol. The molecule has 1 aromatic heterocycles. The van der Waals surface area contributed by atoms with Crippen LogP contribution in [0.5, 0.6) is 0 Å². The lowest BCUT2D eigenvalue weighted by Gasteiger charge is -2.13. The van der Waals surface area contributed by atoms with E-state index >= 15 is 0 Å². The summed E-state index contributed by atoms with van der Waals surface area (Å²) in [5.74, 6) is 0.218. The number of hydrogen-bond donors (Lipinski definition) is 0. The van der Waals surface area contributed by atoms with Crippen LogP contribution < -0.4 is 0 Å². The SMILES string of the molecule is CCc1nc(-c2ccc(CON3C(=O)c4ccccc4C3=O)cc2)no1. The van der Waals surface area contributed by atoms with E-state index in [0.717, 1.165) is 16.2 Å². The third-order valence-electron chi connectivity index (χ3n) is 4.10. The van der Waals surface area contributed by atoms with Crippen molar-refractivity contribution in [3.63, 3.8) is 0 Å². The molecular weight excluding hydrogens is 334 g/mol. The normalized spacial score (nSPS) is 13.3. The monoisotopic (exact) mass is 349 g/mol. The van der Waals surface area contributed by atoms with Crippen LogP contribution in [0.3, 0.4) is 0 Å². The van der Waals surface area contributed by atoms with Gasteiger partial charge in [0.15, 0.2) is 0 Å². The molecule has 0 unspecified atom stereocenters. The number of hydrogen-bond acceptors (Lipinski definition) is 6. The highest BCUT2D eigenvalue weighted by Gasteiger charge is 2.36.